The van der Waals surface area contributed by atoms with Gasteiger partial charge >= 0.3 is 5.97 Å². The van der Waals surface area contributed by atoms with Gasteiger partial charge in [-0.1, -0.05) is 18.2 Å². The van der Waals surface area contributed by atoms with Gasteiger partial charge in [-0.15, -0.1) is 0 Å². The Balaban J connectivity index is 2.16. The van der Waals surface area contributed by atoms with Gasteiger partial charge in [0.15, 0.2) is 0 Å². The van der Waals surface area contributed by atoms with E-state index >= 15 is 0 Å². The fourth-order valence-electron chi connectivity index (χ4n) is 3.04. The average Bonchev–Trinajstić information content (AvgIpc) is 2.66. The number of allylic oxidation sites excluding steroid dienone is 1. The number of anilines is 1. The van der Waals surface area contributed by atoms with Crippen molar-refractivity contribution in [2.45, 2.75) is 17.7 Å². The van der Waals surface area contributed by atoms with E-state index in [1.807, 2.05) is 6.08 Å². The Morgan fingerprint density at radius 1 is 1.15 bits per heavy atom. The first-order chi connectivity index (χ1) is 12.9. The van der Waals surface area contributed by atoms with Crippen LogP contribution in [0.15, 0.2) is 47.4 Å². The lowest BCUT2D eigenvalue weighted by atomic mass is 9.90. The average molecular weight is 391 g/mol. The van der Waals surface area contributed by atoms with Crippen molar-refractivity contribution in [1.82, 2.24) is 0 Å². The molecule has 0 amide bonds. The first-order valence-electron chi connectivity index (χ1n) is 8.15. The summed E-state index contributed by atoms with van der Waals surface area (Å²) in [7, 11) is -1.58. The Labute approximate surface area is 156 Å². The number of carbonyl (C=O) groups is 1. The number of fused-ring (bicyclic) bond motifs is 1. The molecule has 2 aromatic rings. The number of rotatable bonds is 5. The van der Waals surface area contributed by atoms with Gasteiger partial charge in [0.05, 0.1) is 25.5 Å². The first-order valence-corrected chi connectivity index (χ1v) is 9.63. The Morgan fingerprint density at radius 2 is 1.89 bits per heavy atom. The normalized spacial score (nSPS) is 13.4. The quantitative estimate of drug-likeness (QED) is 0.791. The van der Waals surface area contributed by atoms with Crippen molar-refractivity contribution in [3.8, 4) is 0 Å². The Morgan fingerprint density at radius 3 is 2.56 bits per heavy atom. The molecule has 27 heavy (non-hydrogen) atoms. The summed E-state index contributed by atoms with van der Waals surface area (Å²) < 4.78 is 51.8. The van der Waals surface area contributed by atoms with Crippen LogP contribution < -0.4 is 4.72 Å². The zero-order chi connectivity index (χ0) is 19.6. The Kier molecular flexibility index (Phi) is 5.18. The maximum absolute atomic E-state index is 14.0. The van der Waals surface area contributed by atoms with Crippen molar-refractivity contribution in [1.29, 1.82) is 0 Å². The number of aryl methyl sites for hydroxylation is 1. The number of halogens is 1. The standard InChI is InChI=1S/C19H18FNO5S/c1-25-15-8-5-6-12-10-11-14(18(17(12)15)19(22)26-2)21-27(23,24)16-9-4-3-7-13(16)20/h3-4,7-11,21H,5-6H2,1-2H3. The summed E-state index contributed by atoms with van der Waals surface area (Å²) in [6.45, 7) is 0. The molecule has 0 saturated carbocycles. The van der Waals surface area contributed by atoms with Crippen LogP contribution in [-0.2, 0) is 25.9 Å². The highest BCUT2D eigenvalue weighted by Gasteiger charge is 2.28. The highest BCUT2D eigenvalue weighted by molar-refractivity contribution is 7.92. The molecular weight excluding hydrogens is 373 g/mol. The molecule has 0 spiro atoms. The second-order valence-electron chi connectivity index (χ2n) is 5.86. The van der Waals surface area contributed by atoms with Crippen LogP contribution >= 0.6 is 0 Å². The Hall–Kier alpha value is -2.87. The van der Waals surface area contributed by atoms with E-state index < -0.39 is 26.7 Å². The van der Waals surface area contributed by atoms with E-state index in [1.165, 1.54) is 32.4 Å². The van der Waals surface area contributed by atoms with E-state index in [4.69, 9.17) is 9.47 Å². The predicted octanol–water partition coefficient (Wildman–Crippen LogP) is 3.35. The van der Waals surface area contributed by atoms with Gasteiger partial charge < -0.3 is 9.47 Å². The molecule has 0 heterocycles. The lowest BCUT2D eigenvalue weighted by Crippen LogP contribution is -2.20. The summed E-state index contributed by atoms with van der Waals surface area (Å²) in [6, 6.07) is 8.19. The van der Waals surface area contributed by atoms with E-state index in [-0.39, 0.29) is 11.3 Å². The third-order valence-corrected chi connectivity index (χ3v) is 5.66. The maximum atomic E-state index is 14.0. The zero-order valence-corrected chi connectivity index (χ0v) is 15.6. The topological polar surface area (TPSA) is 81.7 Å². The molecule has 142 valence electrons. The summed E-state index contributed by atoms with van der Waals surface area (Å²) in [5, 5.41) is 0. The summed E-state index contributed by atoms with van der Waals surface area (Å²) in [6.07, 6.45) is 3.23. The van der Waals surface area contributed by atoms with E-state index in [1.54, 1.807) is 6.07 Å². The summed E-state index contributed by atoms with van der Waals surface area (Å²) in [5.41, 5.74) is 1.34. The van der Waals surface area contributed by atoms with Gasteiger partial charge in [-0.05, 0) is 42.7 Å². The second kappa shape index (κ2) is 7.40. The minimum Gasteiger partial charge on any atom is -0.496 e. The molecule has 0 saturated heterocycles. The monoisotopic (exact) mass is 391 g/mol. The van der Waals surface area contributed by atoms with E-state index in [0.29, 0.717) is 17.7 Å². The number of hydrogen-bond acceptors (Lipinski definition) is 5. The number of esters is 1. The van der Waals surface area contributed by atoms with Crippen molar-refractivity contribution in [3.05, 3.63) is 65.0 Å². The minimum atomic E-state index is -4.25. The second-order valence-corrected chi connectivity index (χ2v) is 7.51. The highest BCUT2D eigenvalue weighted by Crippen LogP contribution is 2.35. The molecule has 0 aliphatic heterocycles. The van der Waals surface area contributed by atoms with Crippen molar-refractivity contribution < 1.29 is 27.1 Å². The van der Waals surface area contributed by atoms with Crippen LogP contribution in [0.2, 0.25) is 0 Å². The minimum absolute atomic E-state index is 0.00583. The Bertz CT molecular complexity index is 1030. The van der Waals surface area contributed by atoms with Gasteiger partial charge in [0.25, 0.3) is 10.0 Å². The van der Waals surface area contributed by atoms with Crippen LogP contribution in [0.4, 0.5) is 10.1 Å². The molecule has 1 N–H and O–H groups in total. The number of carbonyl (C=O) groups excluding carboxylic acids is 1. The van der Waals surface area contributed by atoms with Crippen molar-refractivity contribution in [2.24, 2.45) is 0 Å². The van der Waals surface area contributed by atoms with Gasteiger partial charge in [-0.2, -0.15) is 0 Å². The molecule has 2 aromatic carbocycles. The van der Waals surface area contributed by atoms with Gasteiger partial charge in [0, 0.05) is 5.56 Å². The molecule has 1 aliphatic carbocycles. The van der Waals surface area contributed by atoms with E-state index in [2.05, 4.69) is 4.72 Å². The molecular formula is C19H18FNO5S. The number of hydrogen-bond donors (Lipinski definition) is 1. The number of nitrogens with one attached hydrogen (secondary N) is 1. The molecule has 1 aliphatic rings. The maximum Gasteiger partial charge on any atom is 0.340 e. The molecule has 6 nitrogen and oxygen atoms in total. The van der Waals surface area contributed by atoms with Crippen LogP contribution in [0.1, 0.15) is 27.9 Å². The molecule has 0 atom stereocenters. The molecule has 3 rings (SSSR count). The number of sulfonamides is 1. The van der Waals surface area contributed by atoms with Crippen LogP contribution in [-0.4, -0.2) is 28.6 Å². The third kappa shape index (κ3) is 3.52. The van der Waals surface area contributed by atoms with Crippen molar-refractivity contribution in [2.75, 3.05) is 18.9 Å². The lowest BCUT2D eigenvalue weighted by Gasteiger charge is -2.22. The highest BCUT2D eigenvalue weighted by atomic mass is 32.2. The van der Waals surface area contributed by atoms with Crippen LogP contribution in [0.5, 0.6) is 0 Å². The summed E-state index contributed by atoms with van der Waals surface area (Å²) in [4.78, 5) is 11.9. The fraction of sp³-hybridized carbons (Fsp3) is 0.211. The summed E-state index contributed by atoms with van der Waals surface area (Å²) >= 11 is 0. The van der Waals surface area contributed by atoms with Gasteiger partial charge in [0.2, 0.25) is 0 Å². The lowest BCUT2D eigenvalue weighted by molar-refractivity contribution is 0.0601. The molecule has 0 aromatic heterocycles. The van der Waals surface area contributed by atoms with Gasteiger partial charge in [-0.3, -0.25) is 4.72 Å². The number of benzene rings is 2. The zero-order valence-electron chi connectivity index (χ0n) is 14.8. The third-order valence-electron chi connectivity index (χ3n) is 4.26. The first kappa shape index (κ1) is 18.9. The number of methoxy groups -OCH3 is 2. The SMILES string of the molecule is COC(=O)c1c(NS(=O)(=O)c2ccccc2F)ccc2c1C(OC)=CCC2. The smallest absolute Gasteiger partial charge is 0.340 e. The van der Waals surface area contributed by atoms with Gasteiger partial charge in [-0.25, -0.2) is 17.6 Å². The molecule has 0 radical (unpaired) electrons. The molecule has 0 bridgehead atoms. The molecule has 8 heteroatoms. The van der Waals surface area contributed by atoms with Gasteiger partial charge in [0.1, 0.15) is 16.5 Å². The van der Waals surface area contributed by atoms with E-state index in [0.717, 1.165) is 24.1 Å². The van der Waals surface area contributed by atoms with Crippen LogP contribution in [0.25, 0.3) is 5.76 Å². The van der Waals surface area contributed by atoms with Crippen molar-refractivity contribution >= 4 is 27.4 Å². The molecule has 0 fully saturated rings. The summed E-state index contributed by atoms with van der Waals surface area (Å²) in [5.74, 6) is -1.15. The number of ether oxygens (including phenoxy) is 2. The van der Waals surface area contributed by atoms with Crippen LogP contribution in [0.3, 0.4) is 0 Å². The largest absolute Gasteiger partial charge is 0.496 e. The van der Waals surface area contributed by atoms with Crippen LogP contribution in [0, 0.1) is 5.82 Å². The predicted molar refractivity (Wildman–Crippen MR) is 98.3 cm³/mol. The fourth-order valence-corrected chi connectivity index (χ4v) is 4.20. The molecule has 0 unspecified atom stereocenters. The van der Waals surface area contributed by atoms with E-state index in [9.17, 15) is 17.6 Å². The van der Waals surface area contributed by atoms with Crippen molar-refractivity contribution in [3.63, 3.8) is 0 Å².